The molecule has 0 aliphatic rings. The van der Waals surface area contributed by atoms with Gasteiger partial charge in [-0.1, -0.05) is 22.0 Å². The Hall–Kier alpha value is -1.49. The van der Waals surface area contributed by atoms with Crippen LogP contribution < -0.4 is 10.6 Å². The first kappa shape index (κ1) is 11.0. The molecule has 2 rings (SSSR count). The highest BCUT2D eigenvalue weighted by Gasteiger charge is 2.14. The molecule has 3 N–H and O–H groups in total. The van der Waals surface area contributed by atoms with E-state index in [9.17, 15) is 0 Å². The average Bonchev–Trinajstić information content (AvgIpc) is 2.64. The number of hydrogen-bond acceptors (Lipinski definition) is 3. The highest BCUT2D eigenvalue weighted by atomic mass is 79.9. The number of aromatic amines is 1. The Morgan fingerprint density at radius 1 is 1.38 bits per heavy atom. The minimum Gasteiger partial charge on any atom is -0.384 e. The highest BCUT2D eigenvalue weighted by molar-refractivity contribution is 9.10. The summed E-state index contributed by atoms with van der Waals surface area (Å²) in [5.41, 5.74) is 8.92. The van der Waals surface area contributed by atoms with Gasteiger partial charge in [0, 0.05) is 35.4 Å². The minimum atomic E-state index is 0.579. The monoisotopic (exact) mass is 280 g/mol. The summed E-state index contributed by atoms with van der Waals surface area (Å²) >= 11 is 3.55. The predicted octanol–water partition coefficient (Wildman–Crippen LogP) is 2.49. The molecule has 0 aliphatic carbocycles. The van der Waals surface area contributed by atoms with Crippen LogP contribution in [0.2, 0.25) is 0 Å². The lowest BCUT2D eigenvalue weighted by Crippen LogP contribution is -2.10. The van der Waals surface area contributed by atoms with Gasteiger partial charge in [-0.15, -0.1) is 0 Å². The molecular weight excluding hydrogens is 268 g/mol. The lowest BCUT2D eigenvalue weighted by molar-refractivity contribution is 1.10. The average molecular weight is 281 g/mol. The van der Waals surface area contributed by atoms with Crippen molar-refractivity contribution in [2.75, 3.05) is 24.7 Å². The Kier molecular flexibility index (Phi) is 2.87. The van der Waals surface area contributed by atoms with Crippen LogP contribution in [-0.4, -0.2) is 24.3 Å². The Bertz CT molecular complexity index is 504. The first-order valence-corrected chi connectivity index (χ1v) is 5.65. The number of nitrogens with zero attached hydrogens (tertiary/aromatic N) is 2. The molecule has 2 aromatic rings. The fraction of sp³-hybridized carbons (Fsp3) is 0.182. The number of H-pyrrole nitrogens is 1. The van der Waals surface area contributed by atoms with Gasteiger partial charge in [-0.05, 0) is 12.1 Å². The Labute approximate surface area is 103 Å². The van der Waals surface area contributed by atoms with Gasteiger partial charge in [0.1, 0.15) is 5.82 Å². The molecule has 0 atom stereocenters. The van der Waals surface area contributed by atoms with E-state index in [0.717, 1.165) is 21.3 Å². The number of anilines is 2. The fourth-order valence-corrected chi connectivity index (χ4v) is 2.22. The summed E-state index contributed by atoms with van der Waals surface area (Å²) in [6.07, 6.45) is 1.74. The SMILES string of the molecule is CN(C)c1cccc(Br)c1-c1cn[nH]c1N. The second-order valence-corrected chi connectivity index (χ2v) is 4.58. The number of aromatic nitrogens is 2. The van der Waals surface area contributed by atoms with Gasteiger partial charge in [0.2, 0.25) is 0 Å². The minimum absolute atomic E-state index is 0.579. The van der Waals surface area contributed by atoms with Gasteiger partial charge < -0.3 is 10.6 Å². The molecular formula is C11H13BrN4. The third-order valence-corrected chi connectivity index (χ3v) is 3.07. The van der Waals surface area contributed by atoms with E-state index in [4.69, 9.17) is 5.73 Å². The van der Waals surface area contributed by atoms with Crippen molar-refractivity contribution in [3.63, 3.8) is 0 Å². The predicted molar refractivity (Wildman–Crippen MR) is 70.5 cm³/mol. The van der Waals surface area contributed by atoms with Crippen molar-refractivity contribution in [3.8, 4) is 11.1 Å². The van der Waals surface area contributed by atoms with E-state index in [1.54, 1.807) is 6.20 Å². The van der Waals surface area contributed by atoms with E-state index in [1.807, 2.05) is 37.2 Å². The van der Waals surface area contributed by atoms with Crippen molar-refractivity contribution in [2.45, 2.75) is 0 Å². The smallest absolute Gasteiger partial charge is 0.126 e. The molecule has 5 heteroatoms. The third-order valence-electron chi connectivity index (χ3n) is 2.41. The normalized spacial score (nSPS) is 10.4. The van der Waals surface area contributed by atoms with Crippen LogP contribution in [0.25, 0.3) is 11.1 Å². The van der Waals surface area contributed by atoms with E-state index in [1.165, 1.54) is 0 Å². The molecule has 1 aromatic heterocycles. The second kappa shape index (κ2) is 4.17. The largest absolute Gasteiger partial charge is 0.384 e. The molecule has 1 heterocycles. The van der Waals surface area contributed by atoms with Crippen molar-refractivity contribution >= 4 is 27.4 Å². The van der Waals surface area contributed by atoms with Crippen LogP contribution in [0, 0.1) is 0 Å². The first-order valence-electron chi connectivity index (χ1n) is 4.86. The lowest BCUT2D eigenvalue weighted by atomic mass is 10.1. The Morgan fingerprint density at radius 2 is 2.12 bits per heavy atom. The van der Waals surface area contributed by atoms with Crippen LogP contribution in [0.4, 0.5) is 11.5 Å². The molecule has 0 saturated heterocycles. The molecule has 84 valence electrons. The molecule has 0 amide bonds. The van der Waals surface area contributed by atoms with Crippen LogP contribution in [0.5, 0.6) is 0 Å². The number of nitrogens with one attached hydrogen (secondary N) is 1. The summed E-state index contributed by atoms with van der Waals surface area (Å²) in [4.78, 5) is 2.05. The summed E-state index contributed by atoms with van der Waals surface area (Å²) in [5.74, 6) is 0.579. The maximum Gasteiger partial charge on any atom is 0.126 e. The number of halogens is 1. The van der Waals surface area contributed by atoms with Crippen molar-refractivity contribution in [3.05, 3.63) is 28.9 Å². The topological polar surface area (TPSA) is 57.9 Å². The summed E-state index contributed by atoms with van der Waals surface area (Å²) in [5, 5.41) is 6.70. The van der Waals surface area contributed by atoms with Crippen molar-refractivity contribution < 1.29 is 0 Å². The molecule has 0 fully saturated rings. The zero-order chi connectivity index (χ0) is 11.7. The van der Waals surface area contributed by atoms with Gasteiger partial charge in [-0.2, -0.15) is 5.10 Å². The molecule has 16 heavy (non-hydrogen) atoms. The summed E-state index contributed by atoms with van der Waals surface area (Å²) < 4.78 is 1.01. The zero-order valence-electron chi connectivity index (χ0n) is 9.16. The third kappa shape index (κ3) is 1.78. The molecule has 4 nitrogen and oxygen atoms in total. The molecule has 0 aliphatic heterocycles. The molecule has 0 spiro atoms. The van der Waals surface area contributed by atoms with Crippen LogP contribution in [0.1, 0.15) is 0 Å². The zero-order valence-corrected chi connectivity index (χ0v) is 10.7. The van der Waals surface area contributed by atoms with Gasteiger partial charge >= 0.3 is 0 Å². The van der Waals surface area contributed by atoms with Crippen molar-refractivity contribution in [2.24, 2.45) is 0 Å². The van der Waals surface area contributed by atoms with Gasteiger partial charge in [-0.25, -0.2) is 0 Å². The van der Waals surface area contributed by atoms with Crippen LogP contribution >= 0.6 is 15.9 Å². The number of nitrogens with two attached hydrogens (primary N) is 1. The summed E-state index contributed by atoms with van der Waals surface area (Å²) in [7, 11) is 4.00. The molecule has 0 radical (unpaired) electrons. The van der Waals surface area contributed by atoms with Crippen molar-refractivity contribution in [1.82, 2.24) is 10.2 Å². The van der Waals surface area contributed by atoms with E-state index < -0.39 is 0 Å². The number of nitrogen functional groups attached to an aromatic ring is 1. The first-order chi connectivity index (χ1) is 7.61. The Morgan fingerprint density at radius 3 is 2.69 bits per heavy atom. The molecule has 0 bridgehead atoms. The van der Waals surface area contributed by atoms with E-state index >= 15 is 0 Å². The quantitative estimate of drug-likeness (QED) is 0.889. The maximum atomic E-state index is 5.85. The van der Waals surface area contributed by atoms with Crippen LogP contribution in [0.15, 0.2) is 28.9 Å². The number of hydrogen-bond donors (Lipinski definition) is 2. The van der Waals surface area contributed by atoms with E-state index in [2.05, 4.69) is 26.1 Å². The highest BCUT2D eigenvalue weighted by Crippen LogP contribution is 2.38. The van der Waals surface area contributed by atoms with E-state index in [-0.39, 0.29) is 0 Å². The molecule has 1 aromatic carbocycles. The van der Waals surface area contributed by atoms with Gasteiger partial charge in [0.25, 0.3) is 0 Å². The van der Waals surface area contributed by atoms with Crippen molar-refractivity contribution in [1.29, 1.82) is 0 Å². The van der Waals surface area contributed by atoms with Gasteiger partial charge in [0.15, 0.2) is 0 Å². The molecule has 0 unspecified atom stereocenters. The van der Waals surface area contributed by atoms with Crippen LogP contribution in [0.3, 0.4) is 0 Å². The second-order valence-electron chi connectivity index (χ2n) is 3.73. The maximum absolute atomic E-state index is 5.85. The Balaban J connectivity index is 2.68. The number of benzene rings is 1. The van der Waals surface area contributed by atoms with Crippen LogP contribution in [-0.2, 0) is 0 Å². The summed E-state index contributed by atoms with van der Waals surface area (Å²) in [6, 6.07) is 6.04. The summed E-state index contributed by atoms with van der Waals surface area (Å²) in [6.45, 7) is 0. The van der Waals surface area contributed by atoms with E-state index in [0.29, 0.717) is 5.82 Å². The lowest BCUT2D eigenvalue weighted by Gasteiger charge is -2.18. The molecule has 0 saturated carbocycles. The van der Waals surface area contributed by atoms with Gasteiger partial charge in [-0.3, -0.25) is 5.10 Å². The number of rotatable bonds is 2. The fourth-order valence-electron chi connectivity index (χ4n) is 1.65. The standard InChI is InChI=1S/C11H13BrN4/c1-16(2)9-5-3-4-8(12)10(9)7-6-14-15-11(7)13/h3-6H,1-2H3,(H3,13,14,15). The van der Waals surface area contributed by atoms with Gasteiger partial charge in [0.05, 0.1) is 6.20 Å².